The maximum absolute atomic E-state index is 12.3. The zero-order valence-electron chi connectivity index (χ0n) is 24.6. The number of anilines is 2. The molecule has 0 amide bonds. The van der Waals surface area contributed by atoms with Gasteiger partial charge in [-0.3, -0.25) is 9.11 Å². The zero-order chi connectivity index (χ0) is 33.3. The van der Waals surface area contributed by atoms with Gasteiger partial charge >= 0.3 is 0 Å². The van der Waals surface area contributed by atoms with Crippen LogP contribution in [0, 0.1) is 20.8 Å². The molecule has 7 N–H and O–H groups in total. The highest BCUT2D eigenvalue weighted by Gasteiger charge is 2.21. The van der Waals surface area contributed by atoms with Crippen molar-refractivity contribution in [3.8, 4) is 5.75 Å². The number of aromatic hydroxyl groups is 1. The standard InChI is InChI=1S/C29H26N6O4S.CH4O3S/c1-15-5-4-6-21-20(15)10-12-23(29(21)40(37,38)39)33-35-27-17(3)13-18-8-11-22(26(31)25(18)28(27)36)32-34-24-14-19(30)9-7-16(24)2;1-5(2,3)4/h4-14,36H,30-31H2,1-3H3,(H,37,38,39);1H3,(H,2,3,4). The molecule has 0 saturated carbocycles. The average Bonchev–Trinajstić information content (AvgIpc) is 2.92. The third kappa shape index (κ3) is 7.58. The van der Waals surface area contributed by atoms with E-state index in [0.29, 0.717) is 50.4 Å². The number of rotatable bonds is 5. The summed E-state index contributed by atoms with van der Waals surface area (Å²) in [5.74, 6) is -0.251. The summed E-state index contributed by atoms with van der Waals surface area (Å²) in [5.41, 5.74) is 16.2. The Morgan fingerprint density at radius 3 is 1.96 bits per heavy atom. The van der Waals surface area contributed by atoms with E-state index in [9.17, 15) is 26.5 Å². The number of hydrogen-bond acceptors (Lipinski definition) is 11. The predicted molar refractivity (Wildman–Crippen MR) is 175 cm³/mol. The van der Waals surface area contributed by atoms with Crippen molar-refractivity contribution in [3.05, 3.63) is 83.4 Å². The van der Waals surface area contributed by atoms with Crippen LogP contribution in [0.2, 0.25) is 0 Å². The third-order valence-corrected chi connectivity index (χ3v) is 7.63. The normalized spacial score (nSPS) is 12.2. The number of nitrogens with zero attached hydrogens (tertiary/aromatic N) is 4. The van der Waals surface area contributed by atoms with Crippen LogP contribution >= 0.6 is 0 Å². The number of aryl methyl sites for hydroxylation is 3. The van der Waals surface area contributed by atoms with E-state index in [0.717, 1.165) is 11.1 Å². The van der Waals surface area contributed by atoms with E-state index >= 15 is 0 Å². The second kappa shape index (κ2) is 12.6. The minimum absolute atomic E-state index is 0.0764. The SMILES string of the molecule is CS(=O)(=O)O.Cc1ccc(N)cc1N=Nc1ccc2cc(C)c(N=Nc3ccc4c(C)cccc4c3S(=O)(=O)O)c(O)c2c1N. The highest BCUT2D eigenvalue weighted by molar-refractivity contribution is 7.86. The van der Waals surface area contributed by atoms with Crippen LogP contribution in [0.4, 0.5) is 34.1 Å². The van der Waals surface area contributed by atoms with Crippen LogP contribution in [0.25, 0.3) is 21.5 Å². The number of phenolic OH excluding ortho intramolecular Hbond substituents is 1. The smallest absolute Gasteiger partial charge is 0.297 e. The number of nitrogens with two attached hydrogens (primary N) is 2. The van der Waals surface area contributed by atoms with E-state index in [4.69, 9.17) is 16.0 Å². The summed E-state index contributed by atoms with van der Waals surface area (Å²) < 4.78 is 60.6. The van der Waals surface area contributed by atoms with E-state index in [-0.39, 0.29) is 27.7 Å². The van der Waals surface area contributed by atoms with Gasteiger partial charge in [0, 0.05) is 11.1 Å². The Morgan fingerprint density at radius 2 is 1.29 bits per heavy atom. The lowest BCUT2D eigenvalue weighted by atomic mass is 10.0. The molecule has 5 rings (SSSR count). The molecule has 0 unspecified atom stereocenters. The first-order chi connectivity index (χ1) is 21.0. The van der Waals surface area contributed by atoms with Crippen molar-refractivity contribution < 1.29 is 31.0 Å². The molecule has 0 aromatic heterocycles. The minimum Gasteiger partial charge on any atom is -0.505 e. The Labute approximate surface area is 259 Å². The minimum atomic E-state index is -4.65. The van der Waals surface area contributed by atoms with Crippen molar-refractivity contribution in [1.29, 1.82) is 0 Å². The molecule has 0 bridgehead atoms. The van der Waals surface area contributed by atoms with Crippen molar-refractivity contribution in [2.45, 2.75) is 25.7 Å². The summed E-state index contributed by atoms with van der Waals surface area (Å²) in [5, 5.41) is 30.0. The molecular formula is C30H30N6O7S2. The van der Waals surface area contributed by atoms with Crippen LogP contribution < -0.4 is 11.5 Å². The number of nitrogen functional groups attached to an aromatic ring is 2. The third-order valence-electron chi connectivity index (χ3n) is 6.68. The molecule has 0 fully saturated rings. The summed E-state index contributed by atoms with van der Waals surface area (Å²) >= 11 is 0. The summed E-state index contributed by atoms with van der Waals surface area (Å²) in [6.07, 6.45) is 0.715. The van der Waals surface area contributed by atoms with Gasteiger partial charge in [0.25, 0.3) is 20.2 Å². The Balaban J connectivity index is 0.000000854. The Hall–Kier alpha value is -4.96. The van der Waals surface area contributed by atoms with Crippen LogP contribution in [0.3, 0.4) is 0 Å². The van der Waals surface area contributed by atoms with Crippen LogP contribution in [0.5, 0.6) is 5.75 Å². The van der Waals surface area contributed by atoms with Gasteiger partial charge in [-0.15, -0.1) is 15.3 Å². The van der Waals surface area contributed by atoms with Gasteiger partial charge in [-0.2, -0.15) is 21.9 Å². The second-order valence-corrected chi connectivity index (χ2v) is 13.0. The fourth-order valence-electron chi connectivity index (χ4n) is 4.60. The summed E-state index contributed by atoms with van der Waals surface area (Å²) in [6, 6.07) is 18.8. The molecule has 0 radical (unpaired) electrons. The predicted octanol–water partition coefficient (Wildman–Crippen LogP) is 7.37. The maximum atomic E-state index is 12.3. The molecule has 0 aliphatic heterocycles. The van der Waals surface area contributed by atoms with Crippen molar-refractivity contribution in [1.82, 2.24) is 0 Å². The molecular weight excluding hydrogens is 620 g/mol. The van der Waals surface area contributed by atoms with Crippen LogP contribution in [-0.4, -0.2) is 37.3 Å². The van der Waals surface area contributed by atoms with Gasteiger partial charge in [0.05, 0.1) is 23.0 Å². The van der Waals surface area contributed by atoms with E-state index in [1.165, 1.54) is 6.07 Å². The lowest BCUT2D eigenvalue weighted by Gasteiger charge is -2.12. The van der Waals surface area contributed by atoms with Gasteiger partial charge in [0.1, 0.15) is 22.0 Å². The Bertz CT molecular complexity index is 2240. The lowest BCUT2D eigenvalue weighted by Crippen LogP contribution is -2.00. The lowest BCUT2D eigenvalue weighted by molar-refractivity contribution is 0.482. The average molecular weight is 651 g/mol. The highest BCUT2D eigenvalue weighted by Crippen LogP contribution is 2.45. The molecule has 0 aliphatic carbocycles. The number of azo groups is 2. The van der Waals surface area contributed by atoms with Gasteiger partial charge in [0.15, 0.2) is 5.75 Å². The van der Waals surface area contributed by atoms with E-state index < -0.39 is 20.2 Å². The van der Waals surface area contributed by atoms with E-state index in [2.05, 4.69) is 20.5 Å². The zero-order valence-corrected chi connectivity index (χ0v) is 26.2. The fourth-order valence-corrected chi connectivity index (χ4v) is 5.43. The van der Waals surface area contributed by atoms with Crippen LogP contribution in [0.1, 0.15) is 16.7 Å². The van der Waals surface area contributed by atoms with Crippen molar-refractivity contribution in [2.75, 3.05) is 17.7 Å². The van der Waals surface area contributed by atoms with Gasteiger partial charge in [-0.1, -0.05) is 36.4 Å². The van der Waals surface area contributed by atoms with Crippen molar-refractivity contribution in [3.63, 3.8) is 0 Å². The van der Waals surface area contributed by atoms with E-state index in [1.54, 1.807) is 55.5 Å². The van der Waals surface area contributed by atoms with Crippen LogP contribution in [0.15, 0.2) is 92.1 Å². The maximum Gasteiger partial charge on any atom is 0.297 e. The number of benzene rings is 5. The molecule has 0 spiro atoms. The van der Waals surface area contributed by atoms with Crippen LogP contribution in [-0.2, 0) is 20.2 Å². The molecule has 13 nitrogen and oxygen atoms in total. The van der Waals surface area contributed by atoms with E-state index in [1.807, 2.05) is 26.0 Å². The van der Waals surface area contributed by atoms with Gasteiger partial charge in [-0.25, -0.2) is 0 Å². The van der Waals surface area contributed by atoms with Crippen molar-refractivity contribution >= 4 is 75.9 Å². The molecule has 5 aromatic carbocycles. The van der Waals surface area contributed by atoms with Gasteiger partial charge in [0.2, 0.25) is 0 Å². The summed E-state index contributed by atoms with van der Waals surface area (Å²) in [4.78, 5) is -0.366. The fraction of sp³-hybridized carbons (Fsp3) is 0.133. The largest absolute Gasteiger partial charge is 0.505 e. The monoisotopic (exact) mass is 650 g/mol. The number of fused-ring (bicyclic) bond motifs is 2. The van der Waals surface area contributed by atoms with Gasteiger partial charge < -0.3 is 16.6 Å². The Kier molecular flexibility index (Phi) is 9.20. The summed E-state index contributed by atoms with van der Waals surface area (Å²) in [7, 11) is -8.32. The highest BCUT2D eigenvalue weighted by atomic mass is 32.2. The molecule has 234 valence electrons. The second-order valence-electron chi connectivity index (χ2n) is 10.2. The summed E-state index contributed by atoms with van der Waals surface area (Å²) in [6.45, 7) is 5.45. The Morgan fingerprint density at radius 1 is 0.667 bits per heavy atom. The number of phenols is 1. The molecule has 45 heavy (non-hydrogen) atoms. The quantitative estimate of drug-likeness (QED) is 0.0724. The topological polar surface area (TPSA) is 230 Å². The molecule has 0 atom stereocenters. The molecule has 0 aliphatic rings. The number of hydrogen-bond donors (Lipinski definition) is 5. The van der Waals surface area contributed by atoms with Gasteiger partial charge in [-0.05, 0) is 78.6 Å². The molecule has 0 heterocycles. The first-order valence-corrected chi connectivity index (χ1v) is 16.4. The van der Waals surface area contributed by atoms with Crippen molar-refractivity contribution in [2.24, 2.45) is 20.5 Å². The molecule has 0 saturated heterocycles. The molecule has 15 heteroatoms. The first kappa shape index (κ1) is 32.9. The first-order valence-electron chi connectivity index (χ1n) is 13.1. The molecule has 5 aromatic rings.